The van der Waals surface area contributed by atoms with Crippen LogP contribution in [0.3, 0.4) is 0 Å². The Morgan fingerprint density at radius 3 is 2.53 bits per heavy atom. The van der Waals surface area contributed by atoms with Gasteiger partial charge in [-0.15, -0.1) is 0 Å². The Morgan fingerprint density at radius 1 is 1.35 bits per heavy atom. The minimum absolute atomic E-state index is 0.314. The Morgan fingerprint density at radius 2 is 2.00 bits per heavy atom. The summed E-state index contributed by atoms with van der Waals surface area (Å²) in [6.07, 6.45) is 0. The highest BCUT2D eigenvalue weighted by atomic mass is 79.9. The Kier molecular flexibility index (Phi) is 4.54. The van der Waals surface area contributed by atoms with E-state index in [4.69, 9.17) is 9.57 Å². The Balaban J connectivity index is 2.81. The van der Waals surface area contributed by atoms with Crippen LogP contribution in [0.25, 0.3) is 0 Å². The molecule has 1 rings (SSSR count). The lowest BCUT2D eigenvalue weighted by molar-refractivity contribution is -0.0590. The Hall–Kier alpha value is -1.07. The largest absolute Gasteiger partial charge is 0.497 e. The molecule has 0 bridgehead atoms. The van der Waals surface area contributed by atoms with Crippen LogP contribution in [-0.4, -0.2) is 18.6 Å². The predicted octanol–water partition coefficient (Wildman–Crippen LogP) is 2.92. The number of amides is 1. The van der Waals surface area contributed by atoms with E-state index in [0.717, 1.165) is 0 Å². The van der Waals surface area contributed by atoms with Crippen molar-refractivity contribution in [3.05, 3.63) is 28.2 Å². The number of hydroxylamine groups is 1. The van der Waals surface area contributed by atoms with Gasteiger partial charge in [0.1, 0.15) is 5.75 Å². The minimum atomic E-state index is -0.430. The van der Waals surface area contributed by atoms with Gasteiger partial charge in [0, 0.05) is 4.47 Å². The van der Waals surface area contributed by atoms with Crippen LogP contribution in [0.1, 0.15) is 31.1 Å². The van der Waals surface area contributed by atoms with Gasteiger partial charge in [-0.25, -0.2) is 5.48 Å². The normalized spacial score (nSPS) is 11.1. The number of rotatable bonds is 3. The number of hydrogen-bond donors (Lipinski definition) is 1. The topological polar surface area (TPSA) is 47.6 Å². The van der Waals surface area contributed by atoms with Crippen molar-refractivity contribution in [2.45, 2.75) is 26.4 Å². The van der Waals surface area contributed by atoms with E-state index < -0.39 is 5.60 Å². The van der Waals surface area contributed by atoms with Gasteiger partial charge in [0.25, 0.3) is 5.91 Å². The molecule has 0 aliphatic heterocycles. The van der Waals surface area contributed by atoms with Crippen LogP contribution >= 0.6 is 15.9 Å². The van der Waals surface area contributed by atoms with Gasteiger partial charge in [0.05, 0.1) is 18.3 Å². The van der Waals surface area contributed by atoms with Gasteiger partial charge in [-0.1, -0.05) is 0 Å². The number of benzene rings is 1. The van der Waals surface area contributed by atoms with Crippen molar-refractivity contribution < 1.29 is 14.4 Å². The van der Waals surface area contributed by atoms with Gasteiger partial charge in [0.2, 0.25) is 0 Å². The summed E-state index contributed by atoms with van der Waals surface area (Å²) in [5.74, 6) is 0.305. The van der Waals surface area contributed by atoms with Crippen LogP contribution in [0, 0.1) is 0 Å². The second-order valence-corrected chi connectivity index (χ2v) is 5.35. The number of methoxy groups -OCH3 is 1. The third-order valence-electron chi connectivity index (χ3n) is 1.87. The van der Waals surface area contributed by atoms with E-state index in [-0.39, 0.29) is 5.91 Å². The molecule has 17 heavy (non-hydrogen) atoms. The lowest BCUT2D eigenvalue weighted by Gasteiger charge is -2.19. The maximum Gasteiger partial charge on any atom is 0.276 e. The standard InChI is InChI=1S/C12H16BrNO3/c1-12(2,3)17-14-11(15)9-7-8(16-4)5-6-10(9)13/h5-7H,1-4H3,(H,14,15). The molecule has 5 heteroatoms. The third kappa shape index (κ3) is 4.36. The Bertz CT molecular complexity index is 413. The molecule has 0 saturated carbocycles. The van der Waals surface area contributed by atoms with Crippen LogP contribution in [0.4, 0.5) is 0 Å². The zero-order valence-electron chi connectivity index (χ0n) is 10.3. The van der Waals surface area contributed by atoms with Crippen molar-refractivity contribution >= 4 is 21.8 Å². The average Bonchev–Trinajstić information content (AvgIpc) is 2.25. The van der Waals surface area contributed by atoms with Crippen molar-refractivity contribution in [1.82, 2.24) is 5.48 Å². The van der Waals surface area contributed by atoms with E-state index in [9.17, 15) is 4.79 Å². The Labute approximate surface area is 109 Å². The minimum Gasteiger partial charge on any atom is -0.497 e. The number of carbonyl (C=O) groups excluding carboxylic acids is 1. The van der Waals surface area contributed by atoms with Gasteiger partial charge in [-0.05, 0) is 54.9 Å². The molecule has 4 nitrogen and oxygen atoms in total. The fraction of sp³-hybridized carbons (Fsp3) is 0.417. The number of carbonyl (C=O) groups is 1. The number of ether oxygens (including phenoxy) is 1. The molecule has 1 N–H and O–H groups in total. The molecule has 0 fully saturated rings. The highest BCUT2D eigenvalue weighted by Gasteiger charge is 2.16. The monoisotopic (exact) mass is 301 g/mol. The van der Waals surface area contributed by atoms with Crippen LogP contribution in [0.15, 0.2) is 22.7 Å². The first-order valence-electron chi connectivity index (χ1n) is 5.15. The molecule has 1 aromatic rings. The van der Waals surface area contributed by atoms with E-state index in [1.165, 1.54) is 0 Å². The summed E-state index contributed by atoms with van der Waals surface area (Å²) in [6, 6.07) is 5.17. The summed E-state index contributed by atoms with van der Waals surface area (Å²) in [4.78, 5) is 17.1. The van der Waals surface area contributed by atoms with Gasteiger partial charge in [-0.3, -0.25) is 9.63 Å². The first-order chi connectivity index (χ1) is 7.83. The molecule has 94 valence electrons. The summed E-state index contributed by atoms with van der Waals surface area (Å²) in [6.45, 7) is 5.57. The van der Waals surface area contributed by atoms with Gasteiger partial charge in [-0.2, -0.15) is 0 Å². The maximum absolute atomic E-state index is 11.9. The molecule has 0 aliphatic carbocycles. The van der Waals surface area contributed by atoms with Crippen molar-refractivity contribution in [3.63, 3.8) is 0 Å². The molecule has 1 aromatic carbocycles. The molecule has 0 aromatic heterocycles. The molecule has 0 heterocycles. The van der Waals surface area contributed by atoms with E-state index in [2.05, 4.69) is 21.4 Å². The summed E-state index contributed by atoms with van der Waals surface area (Å²) in [5, 5.41) is 0. The number of halogens is 1. The molecule has 0 saturated heterocycles. The van der Waals surface area contributed by atoms with Crippen LogP contribution < -0.4 is 10.2 Å². The van der Waals surface area contributed by atoms with Gasteiger partial charge in [0.15, 0.2) is 0 Å². The van der Waals surface area contributed by atoms with E-state index in [1.807, 2.05) is 20.8 Å². The van der Waals surface area contributed by atoms with Crippen molar-refractivity contribution in [2.75, 3.05) is 7.11 Å². The van der Waals surface area contributed by atoms with Crippen LogP contribution in [-0.2, 0) is 4.84 Å². The summed E-state index contributed by atoms with van der Waals surface area (Å²) in [5.41, 5.74) is 2.44. The van der Waals surface area contributed by atoms with Crippen LogP contribution in [0.2, 0.25) is 0 Å². The zero-order chi connectivity index (χ0) is 13.1. The number of nitrogens with one attached hydrogen (secondary N) is 1. The zero-order valence-corrected chi connectivity index (χ0v) is 11.9. The highest BCUT2D eigenvalue weighted by Crippen LogP contribution is 2.22. The van der Waals surface area contributed by atoms with Crippen LogP contribution in [0.5, 0.6) is 5.75 Å². The highest BCUT2D eigenvalue weighted by molar-refractivity contribution is 9.10. The van der Waals surface area contributed by atoms with Crippen molar-refractivity contribution in [1.29, 1.82) is 0 Å². The fourth-order valence-corrected chi connectivity index (χ4v) is 1.49. The summed E-state index contributed by atoms with van der Waals surface area (Å²) in [7, 11) is 1.55. The first-order valence-corrected chi connectivity index (χ1v) is 5.94. The smallest absolute Gasteiger partial charge is 0.276 e. The third-order valence-corrected chi connectivity index (χ3v) is 2.56. The molecule has 1 amide bonds. The maximum atomic E-state index is 11.9. The number of hydrogen-bond acceptors (Lipinski definition) is 3. The lowest BCUT2D eigenvalue weighted by Crippen LogP contribution is -2.33. The van der Waals surface area contributed by atoms with E-state index >= 15 is 0 Å². The van der Waals surface area contributed by atoms with Gasteiger partial charge >= 0.3 is 0 Å². The van der Waals surface area contributed by atoms with E-state index in [1.54, 1.807) is 25.3 Å². The molecular weight excluding hydrogens is 286 g/mol. The SMILES string of the molecule is COc1ccc(Br)c(C(=O)NOC(C)(C)C)c1. The second kappa shape index (κ2) is 5.51. The molecule has 0 atom stereocenters. The van der Waals surface area contributed by atoms with Crippen molar-refractivity contribution in [3.8, 4) is 5.75 Å². The second-order valence-electron chi connectivity index (χ2n) is 4.49. The quantitative estimate of drug-likeness (QED) is 0.873. The summed E-state index contributed by atoms with van der Waals surface area (Å²) >= 11 is 3.31. The molecule has 0 spiro atoms. The average molecular weight is 302 g/mol. The van der Waals surface area contributed by atoms with Gasteiger partial charge < -0.3 is 4.74 Å². The molecule has 0 aliphatic rings. The fourth-order valence-electron chi connectivity index (χ4n) is 1.06. The first kappa shape index (κ1) is 14.0. The van der Waals surface area contributed by atoms with E-state index in [0.29, 0.717) is 15.8 Å². The molecule has 0 radical (unpaired) electrons. The molecule has 0 unspecified atom stereocenters. The summed E-state index contributed by atoms with van der Waals surface area (Å²) < 4.78 is 5.75. The predicted molar refractivity (Wildman–Crippen MR) is 69.0 cm³/mol. The molecular formula is C12H16BrNO3. The lowest BCUT2D eigenvalue weighted by atomic mass is 10.2. The van der Waals surface area contributed by atoms with Crippen molar-refractivity contribution in [2.24, 2.45) is 0 Å².